The normalized spacial score (nSPS) is 21.4. The molecule has 1 saturated heterocycles. The summed E-state index contributed by atoms with van der Waals surface area (Å²) in [6.07, 6.45) is 2.45. The summed E-state index contributed by atoms with van der Waals surface area (Å²) in [6.45, 7) is 9.77. The molecule has 23 heavy (non-hydrogen) atoms. The number of amides is 1. The van der Waals surface area contributed by atoms with Gasteiger partial charge in [-0.25, -0.2) is 9.97 Å². The monoisotopic (exact) mass is 337 g/mol. The number of nitrogens with zero attached hydrogens (tertiary/aromatic N) is 2. The average molecular weight is 337 g/mol. The first-order valence-electron chi connectivity index (χ1n) is 8.29. The maximum Gasteiger partial charge on any atom is 0.230 e. The van der Waals surface area contributed by atoms with Gasteiger partial charge in [-0.05, 0) is 38.7 Å². The molecular formula is C17H27N3O2S. The van der Waals surface area contributed by atoms with Gasteiger partial charge in [-0.15, -0.1) is 0 Å². The molecule has 0 bridgehead atoms. The number of aromatic nitrogens is 2. The third-order valence-electron chi connectivity index (χ3n) is 4.01. The van der Waals surface area contributed by atoms with E-state index in [2.05, 4.69) is 29.1 Å². The summed E-state index contributed by atoms with van der Waals surface area (Å²) in [5.74, 6) is 1.28. The Morgan fingerprint density at radius 3 is 2.74 bits per heavy atom. The van der Waals surface area contributed by atoms with Gasteiger partial charge in [-0.1, -0.05) is 25.6 Å². The minimum absolute atomic E-state index is 0.0332. The lowest BCUT2D eigenvalue weighted by Gasteiger charge is -2.34. The summed E-state index contributed by atoms with van der Waals surface area (Å²) >= 11 is 1.39. The van der Waals surface area contributed by atoms with Crippen LogP contribution in [0.2, 0.25) is 0 Å². The van der Waals surface area contributed by atoms with E-state index in [9.17, 15) is 4.79 Å². The second kappa shape index (κ2) is 8.64. The first-order valence-corrected chi connectivity index (χ1v) is 9.27. The molecule has 6 heteroatoms. The van der Waals surface area contributed by atoms with Gasteiger partial charge < -0.3 is 10.1 Å². The van der Waals surface area contributed by atoms with Crippen LogP contribution in [-0.2, 0) is 9.53 Å². The lowest BCUT2D eigenvalue weighted by Crippen LogP contribution is -2.41. The van der Waals surface area contributed by atoms with Crippen LogP contribution in [-0.4, -0.2) is 40.9 Å². The number of carbonyl (C=O) groups excluding carboxylic acids is 1. The van der Waals surface area contributed by atoms with Crippen LogP contribution in [0.15, 0.2) is 11.2 Å². The third-order valence-corrected chi connectivity index (χ3v) is 4.85. The van der Waals surface area contributed by atoms with Crippen molar-refractivity contribution in [3.63, 3.8) is 0 Å². The number of rotatable bonds is 6. The Hall–Kier alpha value is -1.14. The van der Waals surface area contributed by atoms with E-state index in [0.717, 1.165) is 30.8 Å². The van der Waals surface area contributed by atoms with Crippen LogP contribution in [0.3, 0.4) is 0 Å². The Labute approximate surface area is 143 Å². The molecule has 0 aliphatic carbocycles. The molecular weight excluding hydrogens is 310 g/mol. The fourth-order valence-corrected chi connectivity index (χ4v) is 3.78. The predicted molar refractivity (Wildman–Crippen MR) is 92.5 cm³/mol. The smallest absolute Gasteiger partial charge is 0.230 e. The molecule has 2 atom stereocenters. The SMILES string of the molecule is Cc1cc(C)nc(SCC(=O)NC[C@H]2CCCO[C@H]2C(C)C)n1. The number of aryl methyl sites for hydroxylation is 2. The highest BCUT2D eigenvalue weighted by Gasteiger charge is 2.28. The van der Waals surface area contributed by atoms with Crippen LogP contribution < -0.4 is 5.32 Å². The number of thioether (sulfide) groups is 1. The number of nitrogens with one attached hydrogen (secondary N) is 1. The van der Waals surface area contributed by atoms with E-state index in [0.29, 0.717) is 29.3 Å². The van der Waals surface area contributed by atoms with Crippen LogP contribution in [0, 0.1) is 25.7 Å². The summed E-state index contributed by atoms with van der Waals surface area (Å²) in [5.41, 5.74) is 1.86. The lowest BCUT2D eigenvalue weighted by molar-refractivity contribution is -0.119. The summed E-state index contributed by atoms with van der Waals surface area (Å²) < 4.78 is 5.86. The molecule has 2 rings (SSSR count). The van der Waals surface area contributed by atoms with Crippen LogP contribution in [0.1, 0.15) is 38.1 Å². The van der Waals surface area contributed by atoms with Crippen molar-refractivity contribution in [2.45, 2.75) is 51.8 Å². The standard InChI is InChI=1S/C17H27N3O2S/c1-11(2)16-14(6-5-7-22-16)9-18-15(21)10-23-17-19-12(3)8-13(4)20-17/h8,11,14,16H,5-7,9-10H2,1-4H3,(H,18,21)/t14-,16+/m1/s1. The largest absolute Gasteiger partial charge is 0.378 e. The second-order valence-electron chi connectivity index (χ2n) is 6.51. The zero-order valence-electron chi connectivity index (χ0n) is 14.5. The number of ether oxygens (including phenoxy) is 1. The van der Waals surface area contributed by atoms with Crippen LogP contribution in [0.25, 0.3) is 0 Å². The van der Waals surface area contributed by atoms with E-state index in [1.807, 2.05) is 19.9 Å². The molecule has 2 heterocycles. The molecule has 1 amide bonds. The van der Waals surface area contributed by atoms with E-state index < -0.39 is 0 Å². The fraction of sp³-hybridized carbons (Fsp3) is 0.706. The quantitative estimate of drug-likeness (QED) is 0.639. The predicted octanol–water partition coefficient (Wildman–Crippen LogP) is 2.75. The maximum absolute atomic E-state index is 12.1. The molecule has 0 spiro atoms. The highest BCUT2D eigenvalue weighted by atomic mass is 32.2. The number of hydrogen-bond donors (Lipinski definition) is 1. The summed E-state index contributed by atoms with van der Waals surface area (Å²) in [7, 11) is 0. The number of carbonyl (C=O) groups is 1. The summed E-state index contributed by atoms with van der Waals surface area (Å²) in [6, 6.07) is 1.93. The minimum atomic E-state index is 0.0332. The van der Waals surface area contributed by atoms with E-state index in [1.165, 1.54) is 11.8 Å². The Morgan fingerprint density at radius 1 is 1.39 bits per heavy atom. The minimum Gasteiger partial charge on any atom is -0.378 e. The van der Waals surface area contributed by atoms with Crippen LogP contribution in [0.4, 0.5) is 0 Å². The van der Waals surface area contributed by atoms with E-state index in [-0.39, 0.29) is 12.0 Å². The van der Waals surface area contributed by atoms with Gasteiger partial charge in [0.15, 0.2) is 5.16 Å². The molecule has 1 aliphatic rings. The molecule has 1 aromatic heterocycles. The zero-order chi connectivity index (χ0) is 16.8. The molecule has 5 nitrogen and oxygen atoms in total. The molecule has 128 valence electrons. The van der Waals surface area contributed by atoms with Crippen molar-refractivity contribution in [1.29, 1.82) is 0 Å². The van der Waals surface area contributed by atoms with Gasteiger partial charge in [0.1, 0.15) is 0 Å². The van der Waals surface area contributed by atoms with Crippen molar-refractivity contribution >= 4 is 17.7 Å². The zero-order valence-corrected chi connectivity index (χ0v) is 15.3. The second-order valence-corrected chi connectivity index (χ2v) is 7.45. The van der Waals surface area contributed by atoms with Crippen molar-refractivity contribution < 1.29 is 9.53 Å². The third kappa shape index (κ3) is 5.77. The molecule has 0 saturated carbocycles. The van der Waals surface area contributed by atoms with Crippen molar-refractivity contribution in [1.82, 2.24) is 15.3 Å². The van der Waals surface area contributed by atoms with Gasteiger partial charge in [-0.2, -0.15) is 0 Å². The fourth-order valence-electron chi connectivity index (χ4n) is 3.00. The van der Waals surface area contributed by atoms with Gasteiger partial charge in [0.25, 0.3) is 0 Å². The molecule has 0 radical (unpaired) electrons. The van der Waals surface area contributed by atoms with Crippen molar-refractivity contribution in [3.8, 4) is 0 Å². The number of hydrogen-bond acceptors (Lipinski definition) is 5. The average Bonchev–Trinajstić information content (AvgIpc) is 2.50. The molecule has 1 N–H and O–H groups in total. The Kier molecular flexibility index (Phi) is 6.84. The van der Waals surface area contributed by atoms with Crippen molar-refractivity contribution in [2.75, 3.05) is 18.9 Å². The van der Waals surface area contributed by atoms with Gasteiger partial charge >= 0.3 is 0 Å². The molecule has 1 aliphatic heterocycles. The highest BCUT2D eigenvalue weighted by Crippen LogP contribution is 2.25. The molecule has 1 fully saturated rings. The topological polar surface area (TPSA) is 64.1 Å². The van der Waals surface area contributed by atoms with Gasteiger partial charge in [-0.3, -0.25) is 4.79 Å². The first kappa shape index (κ1) is 18.2. The highest BCUT2D eigenvalue weighted by molar-refractivity contribution is 7.99. The van der Waals surface area contributed by atoms with E-state index >= 15 is 0 Å². The van der Waals surface area contributed by atoms with Crippen molar-refractivity contribution in [2.24, 2.45) is 11.8 Å². The lowest BCUT2D eigenvalue weighted by atomic mass is 9.87. The maximum atomic E-state index is 12.1. The first-order chi connectivity index (χ1) is 11.0. The van der Waals surface area contributed by atoms with Gasteiger partial charge in [0.2, 0.25) is 5.91 Å². The van der Waals surface area contributed by atoms with E-state index in [1.54, 1.807) is 0 Å². The molecule has 0 unspecified atom stereocenters. The summed E-state index contributed by atoms with van der Waals surface area (Å²) in [4.78, 5) is 20.8. The Balaban J connectivity index is 1.78. The Bertz CT molecular complexity index is 516. The van der Waals surface area contributed by atoms with E-state index in [4.69, 9.17) is 4.74 Å². The van der Waals surface area contributed by atoms with Crippen LogP contribution in [0.5, 0.6) is 0 Å². The summed E-state index contributed by atoms with van der Waals surface area (Å²) in [5, 5.41) is 3.71. The van der Waals surface area contributed by atoms with Crippen LogP contribution >= 0.6 is 11.8 Å². The van der Waals surface area contributed by atoms with Crippen molar-refractivity contribution in [3.05, 3.63) is 17.5 Å². The molecule has 0 aromatic carbocycles. The van der Waals surface area contributed by atoms with Gasteiger partial charge in [0.05, 0.1) is 11.9 Å². The Morgan fingerprint density at radius 2 is 2.09 bits per heavy atom. The molecule has 1 aromatic rings. The van der Waals surface area contributed by atoms with Gasteiger partial charge in [0, 0.05) is 30.5 Å².